The fourth-order valence-electron chi connectivity index (χ4n) is 2.14. The minimum Gasteiger partial charge on any atom is -0.458 e. The van der Waals surface area contributed by atoms with Crippen LogP contribution in [0.5, 0.6) is 0 Å². The van der Waals surface area contributed by atoms with Gasteiger partial charge in [0.1, 0.15) is 15.5 Å². The van der Waals surface area contributed by atoms with E-state index in [0.717, 1.165) is 0 Å². The highest BCUT2D eigenvalue weighted by Crippen LogP contribution is 2.24. The molecule has 0 fully saturated rings. The largest absolute Gasteiger partial charge is 0.458 e. The lowest BCUT2D eigenvalue weighted by atomic mass is 10.2. The Morgan fingerprint density at radius 2 is 2.14 bits per heavy atom. The fourth-order valence-corrected chi connectivity index (χ4v) is 3.73. The summed E-state index contributed by atoms with van der Waals surface area (Å²) in [5.74, 6) is 0. The Labute approximate surface area is 122 Å². The van der Waals surface area contributed by atoms with Gasteiger partial charge in [0.05, 0.1) is 12.0 Å². The van der Waals surface area contributed by atoms with Crippen molar-refractivity contribution in [2.75, 3.05) is 6.61 Å². The monoisotopic (exact) mass is 303 g/mol. The molecule has 108 valence electrons. The molecule has 2 N–H and O–H groups in total. The molecular weight excluding hydrogens is 290 g/mol. The van der Waals surface area contributed by atoms with Crippen LogP contribution >= 0.6 is 10.5 Å². The minimum atomic E-state index is -1.15. The third-order valence-corrected chi connectivity index (χ3v) is 4.81. The van der Waals surface area contributed by atoms with Gasteiger partial charge in [-0.25, -0.2) is 4.79 Å². The van der Waals surface area contributed by atoms with E-state index in [1.165, 1.54) is 0 Å². The average molecular weight is 303 g/mol. The summed E-state index contributed by atoms with van der Waals surface area (Å²) in [5.41, 5.74) is 6.78. The van der Waals surface area contributed by atoms with Crippen LogP contribution < -0.4 is 16.6 Å². The van der Waals surface area contributed by atoms with E-state index in [1.807, 2.05) is 0 Å². The molecule has 0 aliphatic carbocycles. The maximum absolute atomic E-state index is 12.6. The number of benzene rings is 1. The molecule has 0 amide bonds. The van der Waals surface area contributed by atoms with Crippen molar-refractivity contribution >= 4 is 32.8 Å². The lowest BCUT2D eigenvalue weighted by Gasteiger charge is -2.09. The molecule has 0 spiro atoms. The van der Waals surface area contributed by atoms with E-state index < -0.39 is 15.8 Å². The van der Waals surface area contributed by atoms with E-state index in [1.54, 1.807) is 42.7 Å². The van der Waals surface area contributed by atoms with Crippen LogP contribution in [-0.4, -0.2) is 11.9 Å². The lowest BCUT2D eigenvalue weighted by Crippen LogP contribution is -2.21. The highest BCUT2D eigenvalue weighted by atomic mass is 32.2. The molecule has 0 radical (unpaired) electrons. The van der Waals surface area contributed by atoms with Crippen molar-refractivity contribution in [3.8, 4) is 0 Å². The number of nitrogens with two attached hydrogens (primary N) is 1. The number of allylic oxidation sites excluding steroid dienone is 1. The Morgan fingerprint density at radius 3 is 2.90 bits per heavy atom. The van der Waals surface area contributed by atoms with Crippen LogP contribution in [0.1, 0.15) is 6.92 Å². The lowest BCUT2D eigenvalue weighted by molar-refractivity contribution is 0.181. The fraction of sp³-hybridized carbons (Fsp3) is 0.133. The number of rotatable bonds is 1. The van der Waals surface area contributed by atoms with Crippen LogP contribution in [0.3, 0.4) is 0 Å². The Hall–Kier alpha value is -2.34. The minimum absolute atomic E-state index is 0.219. The van der Waals surface area contributed by atoms with Crippen molar-refractivity contribution in [3.05, 3.63) is 55.5 Å². The normalized spacial score (nSPS) is 16.8. The third-order valence-electron chi connectivity index (χ3n) is 2.99. The number of fused-ring (bicyclic) bond motifs is 2. The van der Waals surface area contributed by atoms with E-state index >= 15 is 0 Å². The quantitative estimate of drug-likeness (QED) is 0.644. The molecule has 1 unspecified atom stereocenters. The summed E-state index contributed by atoms with van der Waals surface area (Å²) < 4.78 is 11.1. The molecule has 0 bridgehead atoms. The van der Waals surface area contributed by atoms with Crippen molar-refractivity contribution in [2.24, 2.45) is 5.73 Å². The molecule has 1 aliphatic rings. The molecule has 1 aromatic carbocycles. The van der Waals surface area contributed by atoms with Crippen LogP contribution in [-0.2, 0) is 4.74 Å². The van der Waals surface area contributed by atoms with E-state index in [9.17, 15) is 9.59 Å². The first-order chi connectivity index (χ1) is 10.1. The van der Waals surface area contributed by atoms with Crippen LogP contribution in [0.2, 0.25) is 0 Å². The van der Waals surface area contributed by atoms with Gasteiger partial charge < -0.3 is 14.9 Å². The van der Waals surface area contributed by atoms with Crippen LogP contribution in [0.4, 0.5) is 4.79 Å². The SMILES string of the molecule is CCOC(=O)S1=c2c(oc3ccccc3c2=O)=CC(N)=C1. The van der Waals surface area contributed by atoms with Gasteiger partial charge in [-0.2, -0.15) is 0 Å². The second-order valence-electron chi connectivity index (χ2n) is 4.40. The number of ether oxygens (including phenoxy) is 1. The zero-order chi connectivity index (χ0) is 15.0. The molecule has 0 saturated heterocycles. The second-order valence-corrected chi connectivity index (χ2v) is 6.06. The number of hydrogen-bond acceptors (Lipinski definition) is 5. The maximum Gasteiger partial charge on any atom is 0.366 e. The highest BCUT2D eigenvalue weighted by Gasteiger charge is 2.16. The molecule has 1 aromatic heterocycles. The van der Waals surface area contributed by atoms with Crippen molar-refractivity contribution in [2.45, 2.75) is 6.92 Å². The van der Waals surface area contributed by atoms with Crippen molar-refractivity contribution in [1.82, 2.24) is 0 Å². The molecule has 0 saturated carbocycles. The van der Waals surface area contributed by atoms with Crippen LogP contribution in [0.15, 0.2) is 44.6 Å². The predicted octanol–water partition coefficient (Wildman–Crippen LogP) is 2.06. The second kappa shape index (κ2) is 5.21. The van der Waals surface area contributed by atoms with E-state index in [-0.39, 0.29) is 12.0 Å². The number of hydrogen-bond donors (Lipinski definition) is 1. The molecule has 3 rings (SSSR count). The topological polar surface area (TPSA) is 82.5 Å². The smallest absolute Gasteiger partial charge is 0.366 e. The highest BCUT2D eigenvalue weighted by molar-refractivity contribution is 8.24. The van der Waals surface area contributed by atoms with E-state index in [4.69, 9.17) is 14.9 Å². The first-order valence-electron chi connectivity index (χ1n) is 6.39. The molecule has 6 heteroatoms. The summed E-state index contributed by atoms with van der Waals surface area (Å²) in [6.45, 7) is 1.96. The Morgan fingerprint density at radius 1 is 1.38 bits per heavy atom. The summed E-state index contributed by atoms with van der Waals surface area (Å²) in [4.78, 5) is 24.7. The van der Waals surface area contributed by atoms with Gasteiger partial charge >= 0.3 is 5.30 Å². The summed E-state index contributed by atoms with van der Waals surface area (Å²) in [6.07, 6.45) is 1.56. The molecule has 2 aromatic rings. The third kappa shape index (κ3) is 2.27. The van der Waals surface area contributed by atoms with Crippen molar-refractivity contribution in [3.63, 3.8) is 0 Å². The van der Waals surface area contributed by atoms with Gasteiger partial charge in [-0.05, 0) is 29.5 Å². The summed E-state index contributed by atoms with van der Waals surface area (Å²) >= 11 is 0. The first kappa shape index (κ1) is 13.6. The average Bonchev–Trinajstić information content (AvgIpc) is 2.46. The molecular formula is C15H13NO4S. The van der Waals surface area contributed by atoms with Crippen LogP contribution in [0.25, 0.3) is 17.0 Å². The van der Waals surface area contributed by atoms with Crippen molar-refractivity contribution < 1.29 is 13.9 Å². The first-order valence-corrected chi connectivity index (χ1v) is 7.68. The molecule has 21 heavy (non-hydrogen) atoms. The van der Waals surface area contributed by atoms with Gasteiger partial charge in [0.2, 0.25) is 5.43 Å². The van der Waals surface area contributed by atoms with E-state index in [2.05, 4.69) is 0 Å². The zero-order valence-electron chi connectivity index (χ0n) is 11.3. The summed E-state index contributed by atoms with van der Waals surface area (Å²) in [6, 6.07) is 6.92. The van der Waals surface area contributed by atoms with E-state index in [0.29, 0.717) is 26.6 Å². The Bertz CT molecular complexity index is 956. The zero-order valence-corrected chi connectivity index (χ0v) is 12.1. The number of carbonyl (C=O) groups excluding carboxylic acids is 1. The predicted molar refractivity (Wildman–Crippen MR) is 82.3 cm³/mol. The molecule has 1 aliphatic heterocycles. The summed E-state index contributed by atoms with van der Waals surface area (Å²) in [5, 5.41) is 1.52. The van der Waals surface area contributed by atoms with Gasteiger partial charge in [0.25, 0.3) is 0 Å². The summed E-state index contributed by atoms with van der Waals surface area (Å²) in [7, 11) is -1.15. The van der Waals surface area contributed by atoms with Gasteiger partial charge in [-0.3, -0.25) is 4.79 Å². The number of carbonyl (C=O) groups is 1. The van der Waals surface area contributed by atoms with Gasteiger partial charge in [0, 0.05) is 17.2 Å². The standard InChI is InChI=1S/C15H13NO4S/c1-2-19-15(18)21-8-9(16)7-12-14(21)13(17)10-5-3-4-6-11(10)20-12/h3-8H,2,16H2,1H3. The van der Waals surface area contributed by atoms with Gasteiger partial charge in [-0.1, -0.05) is 12.1 Å². The van der Waals surface area contributed by atoms with Gasteiger partial charge in [0.15, 0.2) is 0 Å². The molecule has 1 atom stereocenters. The Kier molecular flexibility index (Phi) is 3.39. The molecule has 2 heterocycles. The maximum atomic E-state index is 12.6. The van der Waals surface area contributed by atoms with Crippen LogP contribution in [0, 0.1) is 4.51 Å². The van der Waals surface area contributed by atoms with Crippen molar-refractivity contribution in [1.29, 1.82) is 0 Å². The number of para-hydroxylation sites is 1. The molecule has 5 nitrogen and oxygen atoms in total. The Balaban J connectivity index is 2.49. The van der Waals surface area contributed by atoms with Gasteiger partial charge in [-0.15, -0.1) is 0 Å².